The van der Waals surface area contributed by atoms with Gasteiger partial charge in [-0.1, -0.05) is 0 Å². The first-order valence-electron chi connectivity index (χ1n) is 3.33. The highest BCUT2D eigenvalue weighted by atomic mass is 127. The van der Waals surface area contributed by atoms with Crippen LogP contribution < -0.4 is 0 Å². The minimum atomic E-state index is -0.802. The third kappa shape index (κ3) is 1.90. The average Bonchev–Trinajstić information content (AvgIpc) is 2.13. The summed E-state index contributed by atoms with van der Waals surface area (Å²) in [5.74, 6) is -2.23. The van der Waals surface area contributed by atoms with E-state index in [1.807, 2.05) is 0 Å². The van der Waals surface area contributed by atoms with Crippen molar-refractivity contribution in [3.05, 3.63) is 27.1 Å². The van der Waals surface area contributed by atoms with E-state index in [9.17, 15) is 14.3 Å². The van der Waals surface area contributed by atoms with Gasteiger partial charge in [0.15, 0.2) is 11.6 Å². The fourth-order valence-electron chi connectivity index (χ4n) is 0.815. The molecule has 0 saturated carbocycles. The second-order valence-corrected chi connectivity index (χ2v) is 3.41. The number of hydrogen-bond acceptors (Lipinski definition) is 3. The number of rotatable bonds is 1. The molecule has 1 aromatic carbocycles. The molecule has 0 amide bonds. The highest BCUT2D eigenvalue weighted by molar-refractivity contribution is 14.1. The molecule has 0 aliphatic heterocycles. The van der Waals surface area contributed by atoms with Gasteiger partial charge < -0.3 is 9.84 Å². The van der Waals surface area contributed by atoms with Crippen LogP contribution in [0.5, 0.6) is 5.75 Å². The van der Waals surface area contributed by atoms with Gasteiger partial charge in [-0.25, -0.2) is 9.18 Å². The van der Waals surface area contributed by atoms with Crippen molar-refractivity contribution < 1.29 is 19.0 Å². The summed E-state index contributed by atoms with van der Waals surface area (Å²) in [6.07, 6.45) is 0. The largest absolute Gasteiger partial charge is 0.504 e. The molecule has 5 heteroatoms. The molecule has 3 nitrogen and oxygen atoms in total. The van der Waals surface area contributed by atoms with E-state index in [1.54, 1.807) is 22.6 Å². The molecular formula is C8H6FIO3. The molecule has 0 radical (unpaired) electrons. The van der Waals surface area contributed by atoms with E-state index in [1.165, 1.54) is 12.1 Å². The lowest BCUT2D eigenvalue weighted by Crippen LogP contribution is -2.03. The molecule has 13 heavy (non-hydrogen) atoms. The van der Waals surface area contributed by atoms with Gasteiger partial charge in [-0.15, -0.1) is 0 Å². The number of ether oxygens (including phenoxy) is 1. The summed E-state index contributed by atoms with van der Waals surface area (Å²) in [5, 5.41) is 9.20. The lowest BCUT2D eigenvalue weighted by Gasteiger charge is -2.03. The molecule has 0 saturated heterocycles. The quantitative estimate of drug-likeness (QED) is 0.636. The Bertz CT molecular complexity index is 351. The molecule has 0 unspecified atom stereocenters. The average molecular weight is 296 g/mol. The number of phenols is 1. The predicted octanol–water partition coefficient (Wildman–Crippen LogP) is 1.92. The maximum absolute atomic E-state index is 13.0. The van der Waals surface area contributed by atoms with E-state index in [0.29, 0.717) is 0 Å². The number of aromatic hydroxyl groups is 1. The fraction of sp³-hybridized carbons (Fsp3) is 0.125. The van der Waals surface area contributed by atoms with Gasteiger partial charge in [-0.05, 0) is 34.7 Å². The third-order valence-corrected chi connectivity index (χ3v) is 2.31. The van der Waals surface area contributed by atoms with Crippen molar-refractivity contribution >= 4 is 28.6 Å². The Labute approximate surface area is 87.7 Å². The van der Waals surface area contributed by atoms with Gasteiger partial charge in [0.1, 0.15) is 5.56 Å². The monoisotopic (exact) mass is 296 g/mol. The Kier molecular flexibility index (Phi) is 3.07. The van der Waals surface area contributed by atoms with Crippen LogP contribution in [0, 0.1) is 9.39 Å². The molecule has 70 valence electrons. The topological polar surface area (TPSA) is 46.5 Å². The van der Waals surface area contributed by atoms with Crippen LogP contribution >= 0.6 is 22.6 Å². The Morgan fingerprint density at radius 3 is 2.77 bits per heavy atom. The van der Waals surface area contributed by atoms with Crippen LogP contribution in [-0.2, 0) is 4.74 Å². The normalized spacial score (nSPS) is 9.77. The maximum Gasteiger partial charge on any atom is 0.341 e. The summed E-state index contributed by atoms with van der Waals surface area (Å²) in [5.41, 5.74) is -0.166. The van der Waals surface area contributed by atoms with E-state index in [-0.39, 0.29) is 9.13 Å². The van der Waals surface area contributed by atoms with Crippen molar-refractivity contribution in [1.29, 1.82) is 0 Å². The van der Waals surface area contributed by atoms with Gasteiger partial charge in [0.25, 0.3) is 0 Å². The van der Waals surface area contributed by atoms with Crippen LogP contribution in [-0.4, -0.2) is 18.2 Å². The smallest absolute Gasteiger partial charge is 0.341 e. The zero-order valence-corrected chi connectivity index (χ0v) is 8.83. The van der Waals surface area contributed by atoms with Crippen molar-refractivity contribution in [1.82, 2.24) is 0 Å². The van der Waals surface area contributed by atoms with Gasteiger partial charge in [-0.2, -0.15) is 0 Å². The minimum absolute atomic E-state index is 0.166. The van der Waals surface area contributed by atoms with E-state index in [4.69, 9.17) is 0 Å². The van der Waals surface area contributed by atoms with E-state index >= 15 is 0 Å². The molecule has 1 aromatic rings. The number of esters is 1. The Morgan fingerprint density at radius 1 is 1.62 bits per heavy atom. The number of hydrogen-bond donors (Lipinski definition) is 1. The molecule has 0 aliphatic rings. The van der Waals surface area contributed by atoms with E-state index in [0.717, 1.165) is 7.11 Å². The zero-order valence-electron chi connectivity index (χ0n) is 6.67. The van der Waals surface area contributed by atoms with Gasteiger partial charge in [0.2, 0.25) is 0 Å². The van der Waals surface area contributed by atoms with E-state index in [2.05, 4.69) is 4.74 Å². The van der Waals surface area contributed by atoms with Crippen LogP contribution in [0.4, 0.5) is 4.39 Å². The first-order valence-corrected chi connectivity index (χ1v) is 4.41. The predicted molar refractivity (Wildman–Crippen MR) is 52.1 cm³/mol. The highest BCUT2D eigenvalue weighted by Gasteiger charge is 2.16. The van der Waals surface area contributed by atoms with Crippen LogP contribution in [0.25, 0.3) is 0 Å². The summed E-state index contributed by atoms with van der Waals surface area (Å²) in [6.45, 7) is 0. The first-order chi connectivity index (χ1) is 6.07. The summed E-state index contributed by atoms with van der Waals surface area (Å²) >= 11 is 1.72. The fourth-order valence-corrected chi connectivity index (χ4v) is 1.25. The second kappa shape index (κ2) is 3.91. The molecule has 0 heterocycles. The SMILES string of the molecule is COC(=O)c1ccc(I)c(F)c1O. The molecule has 0 atom stereocenters. The maximum atomic E-state index is 13.0. The van der Waals surface area contributed by atoms with Crippen molar-refractivity contribution in [2.75, 3.05) is 7.11 Å². The summed E-state index contributed by atoms with van der Waals surface area (Å²) in [4.78, 5) is 10.9. The Morgan fingerprint density at radius 2 is 2.23 bits per heavy atom. The van der Waals surface area contributed by atoms with Crippen LogP contribution in [0.1, 0.15) is 10.4 Å². The first kappa shape index (κ1) is 10.2. The van der Waals surface area contributed by atoms with Gasteiger partial charge >= 0.3 is 5.97 Å². The zero-order chi connectivity index (χ0) is 10.0. The number of benzene rings is 1. The standard InChI is InChI=1S/C8H6FIO3/c1-13-8(12)4-2-3-5(10)6(9)7(4)11/h2-3,11H,1H3. The van der Waals surface area contributed by atoms with Gasteiger partial charge in [-0.3, -0.25) is 0 Å². The third-order valence-electron chi connectivity index (χ3n) is 1.47. The van der Waals surface area contributed by atoms with Crippen LogP contribution in [0.3, 0.4) is 0 Å². The van der Waals surface area contributed by atoms with Crippen LogP contribution in [0.15, 0.2) is 12.1 Å². The molecule has 0 fully saturated rings. The molecule has 1 N–H and O–H groups in total. The minimum Gasteiger partial charge on any atom is -0.504 e. The molecule has 1 rings (SSSR count). The van der Waals surface area contributed by atoms with Crippen molar-refractivity contribution in [3.8, 4) is 5.75 Å². The molecule has 0 aliphatic carbocycles. The Hall–Kier alpha value is -0.850. The van der Waals surface area contributed by atoms with Gasteiger partial charge in [0.05, 0.1) is 10.7 Å². The van der Waals surface area contributed by atoms with Gasteiger partial charge in [0, 0.05) is 0 Å². The lowest BCUT2D eigenvalue weighted by atomic mass is 10.2. The summed E-state index contributed by atoms with van der Waals surface area (Å²) < 4.78 is 17.6. The summed E-state index contributed by atoms with van der Waals surface area (Å²) in [7, 11) is 1.16. The number of methoxy groups -OCH3 is 1. The number of halogens is 2. The van der Waals surface area contributed by atoms with Crippen molar-refractivity contribution in [3.63, 3.8) is 0 Å². The molecule has 0 bridgehead atoms. The summed E-state index contributed by atoms with van der Waals surface area (Å²) in [6, 6.07) is 2.70. The second-order valence-electron chi connectivity index (χ2n) is 2.25. The number of carbonyl (C=O) groups excluding carboxylic acids is 1. The van der Waals surface area contributed by atoms with Crippen molar-refractivity contribution in [2.24, 2.45) is 0 Å². The molecular weight excluding hydrogens is 290 g/mol. The highest BCUT2D eigenvalue weighted by Crippen LogP contribution is 2.25. The lowest BCUT2D eigenvalue weighted by molar-refractivity contribution is 0.0596. The molecule has 0 aromatic heterocycles. The Balaban J connectivity index is 3.26. The van der Waals surface area contributed by atoms with Crippen LogP contribution in [0.2, 0.25) is 0 Å². The van der Waals surface area contributed by atoms with E-state index < -0.39 is 17.5 Å². The molecule has 0 spiro atoms. The number of carbonyl (C=O) groups is 1. The number of phenolic OH excluding ortho intramolecular Hbond substituents is 1. The van der Waals surface area contributed by atoms with Crippen molar-refractivity contribution in [2.45, 2.75) is 0 Å².